The van der Waals surface area contributed by atoms with Gasteiger partial charge >= 0.3 is 0 Å². The number of pyridine rings is 1. The van der Waals surface area contributed by atoms with Gasteiger partial charge in [-0.1, -0.05) is 11.6 Å². The Morgan fingerprint density at radius 3 is 2.59 bits per heavy atom. The first kappa shape index (κ1) is 17.4. The highest BCUT2D eigenvalue weighted by atomic mass is 35.5. The Morgan fingerprint density at radius 1 is 0.897 bits per heavy atom. The SMILES string of the molecule is Cn1cnc2cc(Oc3ccc(Nc4ncnc5ccc(Cl)nc45)cc3)ccc21. The van der Waals surface area contributed by atoms with E-state index in [2.05, 4.69) is 25.3 Å². The molecule has 0 atom stereocenters. The fourth-order valence-corrected chi connectivity index (χ4v) is 3.21. The van der Waals surface area contributed by atoms with Crippen molar-refractivity contribution in [2.24, 2.45) is 7.05 Å². The Morgan fingerprint density at radius 2 is 1.72 bits per heavy atom. The highest BCUT2D eigenvalue weighted by Crippen LogP contribution is 2.28. The van der Waals surface area contributed by atoms with Crippen LogP contribution < -0.4 is 10.1 Å². The second-order valence-electron chi connectivity index (χ2n) is 6.48. The number of anilines is 2. The van der Waals surface area contributed by atoms with Crippen molar-refractivity contribution in [3.63, 3.8) is 0 Å². The normalized spacial score (nSPS) is 11.1. The van der Waals surface area contributed by atoms with Crippen LogP contribution in [0, 0.1) is 0 Å². The minimum Gasteiger partial charge on any atom is -0.457 e. The zero-order valence-electron chi connectivity index (χ0n) is 15.4. The summed E-state index contributed by atoms with van der Waals surface area (Å²) in [4.78, 5) is 17.2. The van der Waals surface area contributed by atoms with Crippen molar-refractivity contribution in [3.8, 4) is 11.5 Å². The van der Waals surface area contributed by atoms with Gasteiger partial charge in [-0.05, 0) is 48.5 Å². The number of benzene rings is 2. The van der Waals surface area contributed by atoms with E-state index in [0.717, 1.165) is 33.7 Å². The van der Waals surface area contributed by atoms with Crippen LogP contribution in [-0.4, -0.2) is 24.5 Å². The van der Waals surface area contributed by atoms with Crippen LogP contribution in [0.4, 0.5) is 11.5 Å². The van der Waals surface area contributed by atoms with Gasteiger partial charge in [0.15, 0.2) is 5.82 Å². The molecule has 29 heavy (non-hydrogen) atoms. The first-order valence-electron chi connectivity index (χ1n) is 8.89. The highest BCUT2D eigenvalue weighted by Gasteiger charge is 2.07. The molecule has 0 spiro atoms. The minimum absolute atomic E-state index is 0.393. The summed E-state index contributed by atoms with van der Waals surface area (Å²) in [6.07, 6.45) is 3.28. The number of ether oxygens (including phenoxy) is 1. The van der Waals surface area contributed by atoms with Crippen LogP contribution in [0.3, 0.4) is 0 Å². The van der Waals surface area contributed by atoms with Crippen LogP contribution in [0.25, 0.3) is 22.1 Å². The third-order valence-corrected chi connectivity index (χ3v) is 4.71. The zero-order valence-corrected chi connectivity index (χ0v) is 16.1. The molecule has 0 aliphatic rings. The molecule has 0 aliphatic heterocycles. The maximum absolute atomic E-state index is 6.01. The smallest absolute Gasteiger partial charge is 0.160 e. The molecule has 0 fully saturated rings. The van der Waals surface area contributed by atoms with Gasteiger partial charge in [-0.3, -0.25) is 0 Å². The molecule has 142 valence electrons. The number of halogens is 1. The molecule has 7 nitrogen and oxygen atoms in total. The molecule has 0 saturated carbocycles. The molecule has 1 N–H and O–H groups in total. The molecule has 0 saturated heterocycles. The van der Waals surface area contributed by atoms with Crippen LogP contribution in [0.1, 0.15) is 0 Å². The van der Waals surface area contributed by atoms with E-state index < -0.39 is 0 Å². The largest absolute Gasteiger partial charge is 0.457 e. The Balaban J connectivity index is 1.37. The van der Waals surface area contributed by atoms with E-state index >= 15 is 0 Å². The van der Waals surface area contributed by atoms with Gasteiger partial charge in [0.05, 0.1) is 22.9 Å². The molecule has 3 heterocycles. The second kappa shape index (κ2) is 7.03. The molecule has 5 rings (SSSR count). The van der Waals surface area contributed by atoms with Crippen molar-refractivity contribution in [1.29, 1.82) is 0 Å². The van der Waals surface area contributed by atoms with E-state index in [1.54, 1.807) is 12.4 Å². The van der Waals surface area contributed by atoms with Gasteiger partial charge in [-0.2, -0.15) is 0 Å². The predicted octanol–water partition coefficient (Wildman–Crippen LogP) is 5.10. The van der Waals surface area contributed by atoms with Crippen LogP contribution in [-0.2, 0) is 7.05 Å². The van der Waals surface area contributed by atoms with Crippen molar-refractivity contribution in [3.05, 3.63) is 72.4 Å². The molecule has 0 radical (unpaired) electrons. The standard InChI is InChI=1S/C21H15ClN6O/c1-28-12-25-17-10-15(6-8-18(17)28)29-14-4-2-13(3-5-14)26-21-20-16(23-11-24-21)7-9-19(22)27-20/h2-12H,1H3,(H,23,24,26). The number of imidazole rings is 1. The summed E-state index contributed by atoms with van der Waals surface area (Å²) >= 11 is 6.01. The molecule has 3 aromatic heterocycles. The number of rotatable bonds is 4. The number of nitrogens with zero attached hydrogens (tertiary/aromatic N) is 5. The molecule has 2 aromatic carbocycles. The molecule has 0 bridgehead atoms. The van der Waals surface area contributed by atoms with Crippen LogP contribution in [0.5, 0.6) is 11.5 Å². The van der Waals surface area contributed by atoms with Gasteiger partial charge < -0.3 is 14.6 Å². The minimum atomic E-state index is 0.393. The van der Waals surface area contributed by atoms with Crippen molar-refractivity contribution >= 4 is 45.2 Å². The number of nitrogens with one attached hydrogen (secondary N) is 1. The fourth-order valence-electron chi connectivity index (χ4n) is 3.07. The Hall–Kier alpha value is -3.71. The average Bonchev–Trinajstić information content (AvgIpc) is 3.10. The van der Waals surface area contributed by atoms with E-state index in [4.69, 9.17) is 16.3 Å². The lowest BCUT2D eigenvalue weighted by Crippen LogP contribution is -1.97. The molecule has 8 heteroatoms. The number of hydrogen-bond donors (Lipinski definition) is 1. The molecule has 0 aliphatic carbocycles. The maximum Gasteiger partial charge on any atom is 0.160 e. The monoisotopic (exact) mass is 402 g/mol. The Labute approximate surface area is 171 Å². The summed E-state index contributed by atoms with van der Waals surface area (Å²) in [6.45, 7) is 0. The third-order valence-electron chi connectivity index (χ3n) is 4.50. The molecular formula is C21H15ClN6O. The van der Waals surface area contributed by atoms with Gasteiger partial charge in [0.2, 0.25) is 0 Å². The fraction of sp³-hybridized carbons (Fsp3) is 0.0476. The van der Waals surface area contributed by atoms with Crippen molar-refractivity contribution in [1.82, 2.24) is 24.5 Å². The Bertz CT molecular complexity index is 1330. The summed E-state index contributed by atoms with van der Waals surface area (Å²) in [5, 5.41) is 3.64. The predicted molar refractivity (Wildman–Crippen MR) is 113 cm³/mol. The summed E-state index contributed by atoms with van der Waals surface area (Å²) in [5.41, 5.74) is 4.13. The topological polar surface area (TPSA) is 77.8 Å². The molecule has 0 unspecified atom stereocenters. The molecule has 0 amide bonds. The maximum atomic E-state index is 6.01. The summed E-state index contributed by atoms with van der Waals surface area (Å²) in [7, 11) is 1.96. The number of aryl methyl sites for hydroxylation is 1. The van der Waals surface area contributed by atoms with E-state index in [-0.39, 0.29) is 0 Å². The highest BCUT2D eigenvalue weighted by molar-refractivity contribution is 6.29. The lowest BCUT2D eigenvalue weighted by molar-refractivity contribution is 0.483. The molecule has 5 aromatic rings. The first-order valence-corrected chi connectivity index (χ1v) is 9.27. The zero-order chi connectivity index (χ0) is 19.8. The van der Waals surface area contributed by atoms with Crippen LogP contribution in [0.2, 0.25) is 5.15 Å². The van der Waals surface area contributed by atoms with Crippen molar-refractivity contribution in [2.45, 2.75) is 0 Å². The van der Waals surface area contributed by atoms with Crippen LogP contribution in [0.15, 0.2) is 67.3 Å². The van der Waals surface area contributed by atoms with E-state index in [0.29, 0.717) is 16.5 Å². The van der Waals surface area contributed by atoms with Gasteiger partial charge in [0.25, 0.3) is 0 Å². The number of aromatic nitrogens is 5. The van der Waals surface area contributed by atoms with Gasteiger partial charge in [0.1, 0.15) is 28.5 Å². The van der Waals surface area contributed by atoms with Crippen molar-refractivity contribution in [2.75, 3.05) is 5.32 Å². The number of fused-ring (bicyclic) bond motifs is 2. The van der Waals surface area contributed by atoms with E-state index in [9.17, 15) is 0 Å². The van der Waals surface area contributed by atoms with Gasteiger partial charge in [-0.15, -0.1) is 0 Å². The lowest BCUT2D eigenvalue weighted by atomic mass is 10.2. The summed E-state index contributed by atoms with van der Waals surface area (Å²) < 4.78 is 7.93. The van der Waals surface area contributed by atoms with Crippen molar-refractivity contribution < 1.29 is 4.74 Å². The second-order valence-corrected chi connectivity index (χ2v) is 6.87. The Kier molecular flexibility index (Phi) is 4.22. The average molecular weight is 403 g/mol. The summed E-state index contributed by atoms with van der Waals surface area (Å²) in [6, 6.07) is 16.9. The van der Waals surface area contributed by atoms with E-state index in [1.165, 1.54) is 6.33 Å². The molecular weight excluding hydrogens is 388 g/mol. The third kappa shape index (κ3) is 3.43. The van der Waals surface area contributed by atoms with E-state index in [1.807, 2.05) is 60.1 Å². The lowest BCUT2D eigenvalue weighted by Gasteiger charge is -2.10. The summed E-state index contributed by atoms with van der Waals surface area (Å²) in [5.74, 6) is 2.05. The van der Waals surface area contributed by atoms with Crippen LogP contribution >= 0.6 is 11.6 Å². The quantitative estimate of drug-likeness (QED) is 0.421. The van der Waals surface area contributed by atoms with Gasteiger partial charge in [-0.25, -0.2) is 19.9 Å². The number of hydrogen-bond acceptors (Lipinski definition) is 6. The first-order chi connectivity index (χ1) is 14.2. The van der Waals surface area contributed by atoms with Gasteiger partial charge in [0, 0.05) is 18.8 Å².